The fourth-order valence-electron chi connectivity index (χ4n) is 2.20. The van der Waals surface area contributed by atoms with Crippen molar-refractivity contribution in [2.45, 2.75) is 24.5 Å². The predicted molar refractivity (Wildman–Crippen MR) is 75.1 cm³/mol. The van der Waals surface area contributed by atoms with Gasteiger partial charge in [0.2, 0.25) is 10.0 Å². The van der Waals surface area contributed by atoms with Crippen molar-refractivity contribution in [1.82, 2.24) is 4.31 Å². The zero-order valence-electron chi connectivity index (χ0n) is 11.7. The van der Waals surface area contributed by atoms with Crippen LogP contribution in [0.15, 0.2) is 23.1 Å². The summed E-state index contributed by atoms with van der Waals surface area (Å²) >= 11 is 0. The van der Waals surface area contributed by atoms with Crippen LogP contribution in [0.1, 0.15) is 12.5 Å². The van der Waals surface area contributed by atoms with Crippen LogP contribution in [-0.4, -0.2) is 45.6 Å². The molecule has 0 amide bonds. The third-order valence-electron chi connectivity index (χ3n) is 3.29. The molecular weight excluding hydrogens is 280 g/mol. The number of hydrogen-bond acceptors (Lipinski definition) is 5. The van der Waals surface area contributed by atoms with Gasteiger partial charge in [0.1, 0.15) is 10.6 Å². The van der Waals surface area contributed by atoms with Gasteiger partial charge in [-0.05, 0) is 24.6 Å². The van der Waals surface area contributed by atoms with Crippen molar-refractivity contribution in [1.29, 1.82) is 0 Å². The largest absolute Gasteiger partial charge is 0.495 e. The molecular formula is C13H20N2O4S. The van der Waals surface area contributed by atoms with Gasteiger partial charge in [0.05, 0.1) is 19.8 Å². The fourth-order valence-corrected chi connectivity index (χ4v) is 3.83. The number of nitrogens with zero attached hydrogens (tertiary/aromatic N) is 1. The van der Waals surface area contributed by atoms with Crippen molar-refractivity contribution in [2.24, 2.45) is 5.73 Å². The molecule has 1 heterocycles. The Labute approximate surface area is 119 Å². The molecule has 0 radical (unpaired) electrons. The zero-order valence-corrected chi connectivity index (χ0v) is 12.5. The summed E-state index contributed by atoms with van der Waals surface area (Å²) in [7, 11) is -2.12. The molecule has 1 aromatic carbocycles. The molecule has 1 fully saturated rings. The smallest absolute Gasteiger partial charge is 0.246 e. The number of hydrogen-bond donors (Lipinski definition) is 1. The van der Waals surface area contributed by atoms with E-state index in [0.717, 1.165) is 5.56 Å². The van der Waals surface area contributed by atoms with Gasteiger partial charge < -0.3 is 15.2 Å². The first-order valence-electron chi connectivity index (χ1n) is 6.47. The summed E-state index contributed by atoms with van der Waals surface area (Å²) in [4.78, 5) is 0.173. The standard InChI is InChI=1S/C13H20N2O4S/c1-10-9-15(5-6-19-10)20(16,17)13-4-3-11(8-14)7-12(13)18-2/h3-4,7,10H,5-6,8-9,14H2,1-2H3. The molecule has 1 saturated heterocycles. The van der Waals surface area contributed by atoms with E-state index in [2.05, 4.69) is 0 Å². The SMILES string of the molecule is COc1cc(CN)ccc1S(=O)(=O)N1CCOC(C)C1. The van der Waals surface area contributed by atoms with Crippen LogP contribution in [0.25, 0.3) is 0 Å². The molecule has 1 aromatic rings. The van der Waals surface area contributed by atoms with Gasteiger partial charge in [-0.3, -0.25) is 0 Å². The topological polar surface area (TPSA) is 81.9 Å². The highest BCUT2D eigenvalue weighted by Crippen LogP contribution is 2.28. The molecule has 0 bridgehead atoms. The van der Waals surface area contributed by atoms with Crippen molar-refractivity contribution in [2.75, 3.05) is 26.8 Å². The van der Waals surface area contributed by atoms with E-state index in [1.54, 1.807) is 18.2 Å². The van der Waals surface area contributed by atoms with Gasteiger partial charge in [-0.15, -0.1) is 0 Å². The van der Waals surface area contributed by atoms with Crippen LogP contribution in [0.2, 0.25) is 0 Å². The second kappa shape index (κ2) is 6.09. The second-order valence-corrected chi connectivity index (χ2v) is 6.64. The van der Waals surface area contributed by atoms with Crippen molar-refractivity contribution >= 4 is 10.0 Å². The summed E-state index contributed by atoms with van der Waals surface area (Å²) in [5.41, 5.74) is 6.39. The molecule has 6 nitrogen and oxygen atoms in total. The summed E-state index contributed by atoms with van der Waals surface area (Å²) < 4.78 is 37.4. The molecule has 1 atom stereocenters. The maximum atomic E-state index is 12.7. The molecule has 20 heavy (non-hydrogen) atoms. The Morgan fingerprint density at radius 1 is 1.50 bits per heavy atom. The Balaban J connectivity index is 2.38. The Morgan fingerprint density at radius 3 is 2.85 bits per heavy atom. The number of ether oxygens (including phenoxy) is 2. The van der Waals surface area contributed by atoms with Crippen molar-refractivity contribution in [3.63, 3.8) is 0 Å². The van der Waals surface area contributed by atoms with Crippen LogP contribution in [0.4, 0.5) is 0 Å². The van der Waals surface area contributed by atoms with Crippen molar-refractivity contribution in [3.8, 4) is 5.75 Å². The quantitative estimate of drug-likeness (QED) is 0.879. The van der Waals surface area contributed by atoms with Gasteiger partial charge in [-0.2, -0.15) is 4.31 Å². The van der Waals surface area contributed by atoms with Gasteiger partial charge in [0, 0.05) is 19.6 Å². The van der Waals surface area contributed by atoms with E-state index in [-0.39, 0.29) is 11.0 Å². The van der Waals surface area contributed by atoms with Gasteiger partial charge in [-0.1, -0.05) is 6.07 Å². The second-order valence-electron chi connectivity index (χ2n) is 4.73. The first-order valence-corrected chi connectivity index (χ1v) is 7.91. The van der Waals surface area contributed by atoms with Crippen LogP contribution in [-0.2, 0) is 21.3 Å². The minimum Gasteiger partial charge on any atom is -0.495 e. The number of rotatable bonds is 4. The summed E-state index contributed by atoms with van der Waals surface area (Å²) in [6, 6.07) is 4.92. The molecule has 1 aliphatic heterocycles. The number of benzene rings is 1. The highest BCUT2D eigenvalue weighted by atomic mass is 32.2. The Bertz CT molecular complexity index is 574. The third-order valence-corrected chi connectivity index (χ3v) is 5.19. The lowest BCUT2D eigenvalue weighted by molar-refractivity contribution is 0.0101. The monoisotopic (exact) mass is 300 g/mol. The molecule has 0 aliphatic carbocycles. The third kappa shape index (κ3) is 2.95. The average molecular weight is 300 g/mol. The molecule has 0 spiro atoms. The number of morpholine rings is 1. The average Bonchev–Trinajstić information content (AvgIpc) is 2.46. The lowest BCUT2D eigenvalue weighted by Crippen LogP contribution is -2.44. The normalized spacial score (nSPS) is 20.9. The van der Waals surface area contributed by atoms with E-state index < -0.39 is 10.0 Å². The highest BCUT2D eigenvalue weighted by molar-refractivity contribution is 7.89. The minimum absolute atomic E-state index is 0.104. The van der Waals surface area contributed by atoms with Crippen LogP contribution < -0.4 is 10.5 Å². The molecule has 112 valence electrons. The summed E-state index contributed by atoms with van der Waals surface area (Å²) in [5, 5.41) is 0. The van der Waals surface area contributed by atoms with Gasteiger partial charge in [0.25, 0.3) is 0 Å². The molecule has 2 rings (SSSR count). The van der Waals surface area contributed by atoms with Crippen LogP contribution >= 0.6 is 0 Å². The van der Waals surface area contributed by atoms with Gasteiger partial charge >= 0.3 is 0 Å². The maximum Gasteiger partial charge on any atom is 0.246 e. The van der Waals surface area contributed by atoms with E-state index in [9.17, 15) is 8.42 Å². The molecule has 7 heteroatoms. The summed E-state index contributed by atoms with van der Waals surface area (Å²) in [5.74, 6) is 0.326. The minimum atomic E-state index is -3.58. The molecule has 1 unspecified atom stereocenters. The molecule has 1 aliphatic rings. The zero-order chi connectivity index (χ0) is 14.8. The Kier molecular flexibility index (Phi) is 4.64. The first-order chi connectivity index (χ1) is 9.48. The van der Waals surface area contributed by atoms with Crippen LogP contribution in [0, 0.1) is 0 Å². The summed E-state index contributed by atoms with van der Waals surface area (Å²) in [6.45, 7) is 3.31. The number of nitrogens with two attached hydrogens (primary N) is 1. The van der Waals surface area contributed by atoms with Crippen molar-refractivity contribution in [3.05, 3.63) is 23.8 Å². The van der Waals surface area contributed by atoms with Gasteiger partial charge in [0.15, 0.2) is 0 Å². The lowest BCUT2D eigenvalue weighted by Gasteiger charge is -2.30. The summed E-state index contributed by atoms with van der Waals surface area (Å²) in [6.07, 6.45) is -0.104. The van der Waals surface area contributed by atoms with E-state index in [0.29, 0.717) is 32.0 Å². The van der Waals surface area contributed by atoms with E-state index in [1.165, 1.54) is 11.4 Å². The highest BCUT2D eigenvalue weighted by Gasteiger charge is 2.31. The molecule has 2 N–H and O–H groups in total. The fraction of sp³-hybridized carbons (Fsp3) is 0.538. The van der Waals surface area contributed by atoms with Crippen LogP contribution in [0.3, 0.4) is 0 Å². The molecule has 0 saturated carbocycles. The lowest BCUT2D eigenvalue weighted by atomic mass is 10.2. The molecule has 0 aromatic heterocycles. The Morgan fingerprint density at radius 2 is 2.25 bits per heavy atom. The number of sulfonamides is 1. The maximum absolute atomic E-state index is 12.7. The first kappa shape index (κ1) is 15.2. The van der Waals surface area contributed by atoms with Gasteiger partial charge in [-0.25, -0.2) is 8.42 Å². The Hall–Kier alpha value is -1.15. The van der Waals surface area contributed by atoms with E-state index >= 15 is 0 Å². The van der Waals surface area contributed by atoms with Crippen LogP contribution in [0.5, 0.6) is 5.75 Å². The predicted octanol–water partition coefficient (Wildman–Crippen LogP) is 0.563. The number of methoxy groups -OCH3 is 1. The van der Waals surface area contributed by atoms with Crippen molar-refractivity contribution < 1.29 is 17.9 Å². The van der Waals surface area contributed by atoms with E-state index in [1.807, 2.05) is 6.92 Å². The van der Waals surface area contributed by atoms with E-state index in [4.69, 9.17) is 15.2 Å².